The van der Waals surface area contributed by atoms with E-state index < -0.39 is 0 Å². The van der Waals surface area contributed by atoms with Crippen LogP contribution in [0.3, 0.4) is 0 Å². The average Bonchev–Trinajstić information content (AvgIpc) is 2.82. The number of nitrogens with zero attached hydrogens (tertiary/aromatic N) is 1. The van der Waals surface area contributed by atoms with E-state index in [1.807, 2.05) is 12.4 Å². The van der Waals surface area contributed by atoms with Crippen LogP contribution in [0.2, 0.25) is 0 Å². The van der Waals surface area contributed by atoms with E-state index in [0.29, 0.717) is 5.92 Å². The van der Waals surface area contributed by atoms with Crippen LogP contribution in [0.25, 0.3) is 0 Å². The molecule has 0 bridgehead atoms. The van der Waals surface area contributed by atoms with Gasteiger partial charge in [-0.3, -0.25) is 5.10 Å². The molecule has 1 unspecified atom stereocenters. The number of benzene rings is 1. The highest BCUT2D eigenvalue weighted by Gasteiger charge is 2.23. The Labute approximate surface area is 102 Å². The summed E-state index contributed by atoms with van der Waals surface area (Å²) >= 11 is 3.59. The second-order valence-electron chi connectivity index (χ2n) is 4.00. The highest BCUT2D eigenvalue weighted by atomic mass is 79.9. The first-order valence-corrected chi connectivity index (χ1v) is 6.16. The van der Waals surface area contributed by atoms with Crippen LogP contribution >= 0.6 is 15.9 Å². The van der Waals surface area contributed by atoms with Crippen molar-refractivity contribution in [3.63, 3.8) is 0 Å². The lowest BCUT2D eigenvalue weighted by atomic mass is 9.87. The van der Waals surface area contributed by atoms with E-state index in [1.54, 1.807) is 0 Å². The Bertz CT molecular complexity index is 493. The minimum atomic E-state index is 0.451. The lowest BCUT2D eigenvalue weighted by Crippen LogP contribution is -2.17. The number of anilines is 1. The molecule has 1 aliphatic rings. The molecule has 3 nitrogen and oxygen atoms in total. The topological polar surface area (TPSA) is 40.7 Å². The Hall–Kier alpha value is -1.29. The summed E-state index contributed by atoms with van der Waals surface area (Å²) < 4.78 is 1.14. The van der Waals surface area contributed by atoms with Gasteiger partial charge >= 0.3 is 0 Å². The molecule has 0 aliphatic carbocycles. The number of fused-ring (bicyclic) bond motifs is 1. The highest BCUT2D eigenvalue weighted by molar-refractivity contribution is 9.10. The van der Waals surface area contributed by atoms with Crippen LogP contribution in [-0.2, 0) is 0 Å². The number of nitrogens with one attached hydrogen (secondary N) is 2. The Morgan fingerprint density at radius 2 is 2.31 bits per heavy atom. The van der Waals surface area contributed by atoms with Gasteiger partial charge in [-0.1, -0.05) is 12.1 Å². The molecule has 4 heteroatoms. The third-order valence-corrected chi connectivity index (χ3v) is 3.74. The lowest BCUT2D eigenvalue weighted by Gasteiger charge is -2.26. The van der Waals surface area contributed by atoms with E-state index in [4.69, 9.17) is 0 Å². The summed E-state index contributed by atoms with van der Waals surface area (Å²) in [5, 5.41) is 10.4. The Balaban J connectivity index is 2.10. The van der Waals surface area contributed by atoms with Crippen molar-refractivity contribution in [3.8, 4) is 0 Å². The summed E-state index contributed by atoms with van der Waals surface area (Å²) in [6.45, 7) is 1.01. The average molecular weight is 278 g/mol. The van der Waals surface area contributed by atoms with Crippen LogP contribution in [0.4, 0.5) is 5.69 Å². The monoisotopic (exact) mass is 277 g/mol. The minimum absolute atomic E-state index is 0.451. The number of rotatable bonds is 1. The maximum absolute atomic E-state index is 4.04. The van der Waals surface area contributed by atoms with E-state index in [1.165, 1.54) is 16.8 Å². The smallest absolute Gasteiger partial charge is 0.0525 e. The zero-order valence-electron chi connectivity index (χ0n) is 8.70. The zero-order chi connectivity index (χ0) is 11.0. The van der Waals surface area contributed by atoms with E-state index in [0.717, 1.165) is 17.4 Å². The number of aromatic amines is 1. The number of halogens is 1. The molecule has 0 saturated carbocycles. The van der Waals surface area contributed by atoms with Gasteiger partial charge in [-0.05, 0) is 39.5 Å². The number of hydrogen-bond donors (Lipinski definition) is 2. The lowest BCUT2D eigenvalue weighted by molar-refractivity contribution is 0.719. The second-order valence-corrected chi connectivity index (χ2v) is 4.86. The number of para-hydroxylation sites is 1. The second kappa shape index (κ2) is 3.94. The van der Waals surface area contributed by atoms with Crippen LogP contribution in [0.1, 0.15) is 23.5 Å². The van der Waals surface area contributed by atoms with Gasteiger partial charge in [0, 0.05) is 23.1 Å². The number of hydrogen-bond acceptors (Lipinski definition) is 2. The fourth-order valence-electron chi connectivity index (χ4n) is 2.31. The van der Waals surface area contributed by atoms with Gasteiger partial charge in [-0.15, -0.1) is 0 Å². The maximum Gasteiger partial charge on any atom is 0.0525 e. The van der Waals surface area contributed by atoms with E-state index >= 15 is 0 Å². The molecule has 0 spiro atoms. The zero-order valence-corrected chi connectivity index (χ0v) is 10.3. The van der Waals surface area contributed by atoms with Crippen molar-refractivity contribution < 1.29 is 0 Å². The van der Waals surface area contributed by atoms with E-state index in [2.05, 4.69) is 49.6 Å². The van der Waals surface area contributed by atoms with E-state index in [9.17, 15) is 0 Å². The standard InChI is InChI=1S/C12H12BrN3/c13-11-3-1-2-10-9(4-5-14-12(10)11)8-6-15-16-7-8/h1-3,6-7,9,14H,4-5H2,(H,15,16). The van der Waals surface area contributed by atoms with Gasteiger partial charge in [-0.25, -0.2) is 0 Å². The van der Waals surface area contributed by atoms with Gasteiger partial charge in [0.25, 0.3) is 0 Å². The summed E-state index contributed by atoms with van der Waals surface area (Å²) in [7, 11) is 0. The maximum atomic E-state index is 4.04. The number of H-pyrrole nitrogens is 1. The molecule has 1 aromatic carbocycles. The quantitative estimate of drug-likeness (QED) is 0.841. The van der Waals surface area contributed by atoms with Gasteiger partial charge in [0.05, 0.1) is 11.9 Å². The molecule has 0 radical (unpaired) electrons. The third-order valence-electron chi connectivity index (χ3n) is 3.08. The fraction of sp³-hybridized carbons (Fsp3) is 0.250. The molecule has 0 fully saturated rings. The summed E-state index contributed by atoms with van der Waals surface area (Å²) in [5.74, 6) is 0.451. The van der Waals surface area contributed by atoms with Crippen molar-refractivity contribution in [1.29, 1.82) is 0 Å². The molecule has 82 valence electrons. The fourth-order valence-corrected chi connectivity index (χ4v) is 2.83. The van der Waals surface area contributed by atoms with Gasteiger partial charge < -0.3 is 5.32 Å². The predicted octanol–water partition coefficient (Wildman–Crippen LogP) is 3.12. The molecule has 2 aromatic rings. The SMILES string of the molecule is Brc1cccc2c1NCCC2c1cn[nH]c1. The molecule has 16 heavy (non-hydrogen) atoms. The van der Waals surface area contributed by atoms with Crippen molar-refractivity contribution in [2.75, 3.05) is 11.9 Å². The molecule has 2 N–H and O–H groups in total. The molecule has 0 amide bonds. The first kappa shape index (κ1) is 9.90. The Morgan fingerprint density at radius 1 is 1.38 bits per heavy atom. The first-order chi connectivity index (χ1) is 7.86. The largest absolute Gasteiger partial charge is 0.384 e. The van der Waals surface area contributed by atoms with Crippen LogP contribution in [0, 0.1) is 0 Å². The van der Waals surface area contributed by atoms with Crippen molar-refractivity contribution in [1.82, 2.24) is 10.2 Å². The summed E-state index contributed by atoms with van der Waals surface area (Å²) in [6.07, 6.45) is 5.02. The number of aromatic nitrogens is 2. The normalized spacial score (nSPS) is 18.9. The summed E-state index contributed by atoms with van der Waals surface area (Å²) in [5.41, 5.74) is 3.84. The summed E-state index contributed by atoms with van der Waals surface area (Å²) in [6, 6.07) is 6.34. The highest BCUT2D eigenvalue weighted by Crippen LogP contribution is 2.39. The molecule has 3 rings (SSSR count). The van der Waals surface area contributed by atoms with Crippen LogP contribution in [0.15, 0.2) is 35.1 Å². The van der Waals surface area contributed by atoms with Crippen molar-refractivity contribution in [2.24, 2.45) is 0 Å². The molecule has 2 heterocycles. The predicted molar refractivity (Wildman–Crippen MR) is 67.7 cm³/mol. The summed E-state index contributed by atoms with van der Waals surface area (Å²) in [4.78, 5) is 0. The van der Waals surface area contributed by atoms with Gasteiger partial charge in [0.2, 0.25) is 0 Å². The van der Waals surface area contributed by atoms with Gasteiger partial charge in [-0.2, -0.15) is 5.10 Å². The molecule has 1 aromatic heterocycles. The Kier molecular flexibility index (Phi) is 2.44. The molecular weight excluding hydrogens is 266 g/mol. The first-order valence-electron chi connectivity index (χ1n) is 5.37. The van der Waals surface area contributed by atoms with Gasteiger partial charge in [0.15, 0.2) is 0 Å². The molecule has 1 aliphatic heterocycles. The van der Waals surface area contributed by atoms with Crippen LogP contribution in [-0.4, -0.2) is 16.7 Å². The molecule has 0 saturated heterocycles. The molecular formula is C12H12BrN3. The molecule has 1 atom stereocenters. The Morgan fingerprint density at radius 3 is 3.12 bits per heavy atom. The van der Waals surface area contributed by atoms with Crippen LogP contribution < -0.4 is 5.32 Å². The van der Waals surface area contributed by atoms with Gasteiger partial charge in [0.1, 0.15) is 0 Å². The van der Waals surface area contributed by atoms with Crippen LogP contribution in [0.5, 0.6) is 0 Å². The van der Waals surface area contributed by atoms with Crippen molar-refractivity contribution in [2.45, 2.75) is 12.3 Å². The van der Waals surface area contributed by atoms with Crippen molar-refractivity contribution >= 4 is 21.6 Å². The minimum Gasteiger partial charge on any atom is -0.384 e. The van der Waals surface area contributed by atoms with Crippen molar-refractivity contribution in [3.05, 3.63) is 46.2 Å². The van der Waals surface area contributed by atoms with E-state index in [-0.39, 0.29) is 0 Å². The third kappa shape index (κ3) is 1.53.